The molecular weight excluding hydrogens is 210 g/mol. The van der Waals surface area contributed by atoms with Gasteiger partial charge in [-0.15, -0.1) is 11.3 Å². The van der Waals surface area contributed by atoms with Crippen LogP contribution >= 0.6 is 11.3 Å². The number of carboxylic acids is 1. The van der Waals surface area contributed by atoms with Crippen molar-refractivity contribution in [1.29, 1.82) is 0 Å². The van der Waals surface area contributed by atoms with E-state index >= 15 is 0 Å². The van der Waals surface area contributed by atoms with Crippen LogP contribution in [-0.2, 0) is 11.3 Å². The van der Waals surface area contributed by atoms with Gasteiger partial charge in [-0.1, -0.05) is 6.07 Å². The lowest BCUT2D eigenvalue weighted by molar-refractivity contribution is -0.139. The van der Waals surface area contributed by atoms with Crippen LogP contribution in [0.25, 0.3) is 0 Å². The number of hydrogen-bond donors (Lipinski definition) is 1. The van der Waals surface area contributed by atoms with E-state index in [0.29, 0.717) is 11.8 Å². The predicted octanol–water partition coefficient (Wildman–Crippen LogP) is 1.51. The summed E-state index contributed by atoms with van der Waals surface area (Å²) in [4.78, 5) is 14.5. The smallest absolute Gasteiger partial charge is 0.307 e. The van der Waals surface area contributed by atoms with Crippen LogP contribution in [-0.4, -0.2) is 29.1 Å². The van der Waals surface area contributed by atoms with E-state index < -0.39 is 5.97 Å². The number of fused-ring (bicyclic) bond motifs is 1. The lowest BCUT2D eigenvalue weighted by Crippen LogP contribution is -2.25. The van der Waals surface area contributed by atoms with Gasteiger partial charge in [0.1, 0.15) is 0 Å². The maximum absolute atomic E-state index is 10.8. The maximum Gasteiger partial charge on any atom is 0.307 e. The van der Waals surface area contributed by atoms with E-state index in [0.717, 1.165) is 19.6 Å². The van der Waals surface area contributed by atoms with Crippen LogP contribution in [0.2, 0.25) is 0 Å². The lowest BCUT2D eigenvalue weighted by Gasteiger charge is -2.17. The Labute approximate surface area is 92.3 Å². The van der Waals surface area contributed by atoms with Crippen LogP contribution in [0.4, 0.5) is 0 Å². The Balaban J connectivity index is 1.56. The van der Waals surface area contributed by atoms with Gasteiger partial charge in [0.25, 0.3) is 0 Å². The normalized spacial score (nSPS) is 34.0. The summed E-state index contributed by atoms with van der Waals surface area (Å²) in [7, 11) is 0. The highest BCUT2D eigenvalue weighted by atomic mass is 32.1. The summed E-state index contributed by atoms with van der Waals surface area (Å²) in [5, 5.41) is 11.0. The molecule has 0 amide bonds. The van der Waals surface area contributed by atoms with Crippen molar-refractivity contribution < 1.29 is 9.90 Å². The molecule has 3 rings (SSSR count). The van der Waals surface area contributed by atoms with Gasteiger partial charge in [-0.3, -0.25) is 9.69 Å². The van der Waals surface area contributed by atoms with Gasteiger partial charge in [0.2, 0.25) is 0 Å². The molecule has 1 N–H and O–H groups in total. The van der Waals surface area contributed by atoms with Gasteiger partial charge in [0.15, 0.2) is 0 Å². The van der Waals surface area contributed by atoms with E-state index in [-0.39, 0.29) is 5.92 Å². The van der Waals surface area contributed by atoms with Gasteiger partial charge >= 0.3 is 5.97 Å². The van der Waals surface area contributed by atoms with Crippen LogP contribution in [0.15, 0.2) is 17.5 Å². The Hall–Kier alpha value is -0.870. The molecule has 1 saturated carbocycles. The molecule has 2 heterocycles. The highest BCUT2D eigenvalue weighted by molar-refractivity contribution is 7.09. The number of rotatable bonds is 3. The minimum atomic E-state index is -0.597. The SMILES string of the molecule is O=C(O)C1C2CN(Cc3cccs3)CC21. The molecule has 80 valence electrons. The average Bonchev–Trinajstić information content (AvgIpc) is 2.63. The zero-order valence-electron chi connectivity index (χ0n) is 8.30. The van der Waals surface area contributed by atoms with E-state index in [2.05, 4.69) is 22.4 Å². The molecule has 4 heteroatoms. The maximum atomic E-state index is 10.8. The highest BCUT2D eigenvalue weighted by Crippen LogP contribution is 2.52. The molecule has 1 aromatic heterocycles. The van der Waals surface area contributed by atoms with Crippen LogP contribution in [0.1, 0.15) is 4.88 Å². The van der Waals surface area contributed by atoms with Gasteiger partial charge < -0.3 is 5.11 Å². The number of carbonyl (C=O) groups is 1. The molecule has 0 aromatic carbocycles. The zero-order valence-corrected chi connectivity index (χ0v) is 9.11. The molecule has 0 radical (unpaired) electrons. The second kappa shape index (κ2) is 3.32. The van der Waals surface area contributed by atoms with Crippen molar-refractivity contribution in [1.82, 2.24) is 4.90 Å². The lowest BCUT2D eigenvalue weighted by atomic mass is 10.2. The van der Waals surface area contributed by atoms with Crippen molar-refractivity contribution in [3.63, 3.8) is 0 Å². The third kappa shape index (κ3) is 1.58. The first-order valence-corrected chi connectivity index (χ1v) is 6.11. The Kier molecular flexibility index (Phi) is 2.07. The highest BCUT2D eigenvalue weighted by Gasteiger charge is 2.59. The summed E-state index contributed by atoms with van der Waals surface area (Å²) < 4.78 is 0. The summed E-state index contributed by atoms with van der Waals surface area (Å²) in [6, 6.07) is 4.21. The largest absolute Gasteiger partial charge is 0.481 e. The quantitative estimate of drug-likeness (QED) is 0.844. The molecule has 1 saturated heterocycles. The van der Waals surface area contributed by atoms with Crippen molar-refractivity contribution in [2.45, 2.75) is 6.54 Å². The van der Waals surface area contributed by atoms with Gasteiger partial charge in [-0.25, -0.2) is 0 Å². The van der Waals surface area contributed by atoms with Gasteiger partial charge in [-0.2, -0.15) is 0 Å². The van der Waals surface area contributed by atoms with Crippen molar-refractivity contribution >= 4 is 17.3 Å². The first-order valence-electron chi connectivity index (χ1n) is 5.23. The summed E-state index contributed by atoms with van der Waals surface area (Å²) in [6.07, 6.45) is 0. The number of carboxylic acid groups (broad SMARTS) is 1. The predicted molar refractivity (Wildman–Crippen MR) is 57.7 cm³/mol. The third-order valence-corrected chi connectivity index (χ3v) is 4.38. The first-order chi connectivity index (χ1) is 7.25. The van der Waals surface area contributed by atoms with Gasteiger partial charge in [-0.05, 0) is 23.3 Å². The fraction of sp³-hybridized carbons (Fsp3) is 0.545. The van der Waals surface area contributed by atoms with E-state index in [4.69, 9.17) is 5.11 Å². The molecule has 1 aliphatic carbocycles. The molecule has 2 unspecified atom stereocenters. The molecule has 1 aliphatic heterocycles. The molecular formula is C11H13NO2S. The number of hydrogen-bond acceptors (Lipinski definition) is 3. The number of piperidine rings is 1. The summed E-state index contributed by atoms with van der Waals surface area (Å²) in [5.41, 5.74) is 0. The van der Waals surface area contributed by atoms with E-state index in [1.807, 2.05) is 0 Å². The minimum absolute atomic E-state index is 0.0374. The van der Waals surface area contributed by atoms with E-state index in [1.54, 1.807) is 11.3 Å². The number of thiophene rings is 1. The fourth-order valence-electron chi connectivity index (χ4n) is 2.73. The van der Waals surface area contributed by atoms with Crippen molar-refractivity contribution in [3.05, 3.63) is 22.4 Å². The van der Waals surface area contributed by atoms with Crippen LogP contribution in [0, 0.1) is 17.8 Å². The van der Waals surface area contributed by atoms with E-state index in [9.17, 15) is 4.79 Å². The van der Waals surface area contributed by atoms with Gasteiger partial charge in [0, 0.05) is 24.5 Å². The molecule has 0 bridgehead atoms. The second-order valence-corrected chi connectivity index (χ2v) is 5.50. The molecule has 3 nitrogen and oxygen atoms in total. The Morgan fingerprint density at radius 3 is 2.80 bits per heavy atom. The molecule has 15 heavy (non-hydrogen) atoms. The standard InChI is InChI=1S/C11H13NO2S/c13-11(14)10-8-5-12(6-9(8)10)4-7-2-1-3-15-7/h1-3,8-10H,4-6H2,(H,13,14). The number of aliphatic carboxylic acids is 1. The first kappa shape index (κ1) is 9.36. The van der Waals surface area contributed by atoms with Crippen LogP contribution in [0.5, 0.6) is 0 Å². The summed E-state index contributed by atoms with van der Waals surface area (Å²) in [6.45, 7) is 2.94. The Morgan fingerprint density at radius 1 is 1.53 bits per heavy atom. The van der Waals surface area contributed by atoms with E-state index in [1.165, 1.54) is 4.88 Å². The minimum Gasteiger partial charge on any atom is -0.481 e. The van der Waals surface area contributed by atoms with Crippen molar-refractivity contribution in [2.75, 3.05) is 13.1 Å². The molecule has 2 aliphatic rings. The second-order valence-electron chi connectivity index (χ2n) is 4.47. The molecule has 0 spiro atoms. The van der Waals surface area contributed by atoms with Crippen LogP contribution in [0.3, 0.4) is 0 Å². The average molecular weight is 223 g/mol. The Bertz CT molecular complexity index is 364. The van der Waals surface area contributed by atoms with Crippen molar-refractivity contribution in [3.8, 4) is 0 Å². The molecule has 1 aromatic rings. The Morgan fingerprint density at radius 2 is 2.27 bits per heavy atom. The van der Waals surface area contributed by atoms with Crippen molar-refractivity contribution in [2.24, 2.45) is 17.8 Å². The number of nitrogens with zero attached hydrogens (tertiary/aromatic N) is 1. The molecule has 2 atom stereocenters. The zero-order chi connectivity index (χ0) is 10.4. The summed E-state index contributed by atoms with van der Waals surface area (Å²) >= 11 is 1.77. The third-order valence-electron chi connectivity index (χ3n) is 3.51. The van der Waals surface area contributed by atoms with Crippen LogP contribution < -0.4 is 0 Å². The monoisotopic (exact) mass is 223 g/mol. The van der Waals surface area contributed by atoms with Gasteiger partial charge in [0.05, 0.1) is 5.92 Å². The molecule has 2 fully saturated rings. The number of likely N-dealkylation sites (tertiary alicyclic amines) is 1. The topological polar surface area (TPSA) is 40.5 Å². The fourth-order valence-corrected chi connectivity index (χ4v) is 3.48. The summed E-state index contributed by atoms with van der Waals surface area (Å²) in [5.74, 6) is 0.232.